The fraction of sp³-hybridized carbons (Fsp3) is 0.385. The van der Waals surface area contributed by atoms with Gasteiger partial charge in [0.2, 0.25) is 5.91 Å². The minimum Gasteiger partial charge on any atom is -0.465 e. The van der Waals surface area contributed by atoms with E-state index in [4.69, 9.17) is 10.5 Å². The molecule has 1 aliphatic rings. The van der Waals surface area contributed by atoms with Crippen LogP contribution in [0.5, 0.6) is 0 Å². The minimum absolute atomic E-state index is 0.00881. The molecule has 5 heteroatoms. The lowest BCUT2D eigenvalue weighted by Crippen LogP contribution is -2.23. The van der Waals surface area contributed by atoms with Gasteiger partial charge in [-0.25, -0.2) is 4.79 Å². The number of nitrogens with two attached hydrogens (primary N) is 1. The average molecular weight is 248 g/mol. The molecule has 18 heavy (non-hydrogen) atoms. The molecule has 0 fully saturated rings. The Labute approximate surface area is 106 Å². The van der Waals surface area contributed by atoms with Crippen LogP contribution in [0.3, 0.4) is 0 Å². The first-order valence-electron chi connectivity index (χ1n) is 5.69. The van der Waals surface area contributed by atoms with Gasteiger partial charge in [0.05, 0.1) is 30.0 Å². The minimum atomic E-state index is -0.479. The van der Waals surface area contributed by atoms with Crippen LogP contribution in [0.2, 0.25) is 0 Å². The monoisotopic (exact) mass is 248 g/mol. The van der Waals surface area contributed by atoms with Crippen molar-refractivity contribution in [3.05, 3.63) is 22.8 Å². The van der Waals surface area contributed by atoms with Crippen molar-refractivity contribution in [2.45, 2.75) is 19.8 Å². The van der Waals surface area contributed by atoms with E-state index in [0.29, 0.717) is 11.3 Å². The number of anilines is 2. The molecule has 0 aliphatic carbocycles. The predicted octanol–water partition coefficient (Wildman–Crippen LogP) is 1.44. The fourth-order valence-electron chi connectivity index (χ4n) is 2.44. The van der Waals surface area contributed by atoms with E-state index < -0.39 is 5.97 Å². The topological polar surface area (TPSA) is 72.6 Å². The average Bonchev–Trinajstić information content (AvgIpc) is 2.57. The first-order chi connectivity index (χ1) is 8.40. The Kier molecular flexibility index (Phi) is 2.77. The number of carbonyl (C=O) groups is 2. The van der Waals surface area contributed by atoms with Gasteiger partial charge in [-0.2, -0.15) is 0 Å². The lowest BCUT2D eigenvalue weighted by molar-refractivity contribution is -0.118. The third-order valence-corrected chi connectivity index (χ3v) is 3.53. The van der Waals surface area contributed by atoms with Gasteiger partial charge < -0.3 is 15.4 Å². The lowest BCUT2D eigenvalue weighted by Gasteiger charge is -2.16. The maximum Gasteiger partial charge on any atom is 0.339 e. The number of esters is 1. The van der Waals surface area contributed by atoms with Gasteiger partial charge in [0.1, 0.15) is 0 Å². The van der Waals surface area contributed by atoms with E-state index in [1.54, 1.807) is 18.0 Å². The molecule has 1 heterocycles. The van der Waals surface area contributed by atoms with E-state index in [2.05, 4.69) is 0 Å². The Bertz CT molecular complexity index is 552. The number of fused-ring (bicyclic) bond motifs is 1. The molecular weight excluding hydrogens is 232 g/mol. The summed E-state index contributed by atoms with van der Waals surface area (Å²) in [5.41, 5.74) is 9.01. The summed E-state index contributed by atoms with van der Waals surface area (Å²) in [6.07, 6.45) is 0. The molecule has 2 rings (SSSR count). The van der Waals surface area contributed by atoms with Crippen LogP contribution in [0.15, 0.2) is 6.07 Å². The molecule has 0 saturated carbocycles. The Morgan fingerprint density at radius 1 is 1.50 bits per heavy atom. The Morgan fingerprint density at radius 3 is 2.67 bits per heavy atom. The zero-order chi connectivity index (χ0) is 13.6. The first kappa shape index (κ1) is 12.4. The lowest BCUT2D eigenvalue weighted by atomic mass is 9.96. The number of likely N-dealkylation sites (N-methyl/N-ethyl adjacent to an activating group) is 1. The summed E-state index contributed by atoms with van der Waals surface area (Å²) in [7, 11) is 3.03. The molecule has 2 N–H and O–H groups in total. The second-order valence-corrected chi connectivity index (χ2v) is 4.51. The summed E-state index contributed by atoms with van der Waals surface area (Å²) < 4.78 is 4.70. The number of carbonyl (C=O) groups excluding carboxylic acids is 2. The van der Waals surface area contributed by atoms with Crippen molar-refractivity contribution in [2.24, 2.45) is 0 Å². The highest BCUT2D eigenvalue weighted by Gasteiger charge is 2.35. The van der Waals surface area contributed by atoms with E-state index in [1.807, 2.05) is 13.8 Å². The van der Waals surface area contributed by atoms with Crippen LogP contribution >= 0.6 is 0 Å². The smallest absolute Gasteiger partial charge is 0.339 e. The SMILES string of the molecule is COC(=O)c1cc2c(c(C)c1N)N(C)C(=O)C2C. The largest absolute Gasteiger partial charge is 0.465 e. The highest BCUT2D eigenvalue weighted by Crippen LogP contribution is 2.42. The van der Waals surface area contributed by atoms with E-state index in [0.717, 1.165) is 16.8 Å². The van der Waals surface area contributed by atoms with Gasteiger partial charge in [0.25, 0.3) is 0 Å². The third-order valence-electron chi connectivity index (χ3n) is 3.53. The highest BCUT2D eigenvalue weighted by molar-refractivity contribution is 6.08. The van der Waals surface area contributed by atoms with Crippen LogP contribution in [0.25, 0.3) is 0 Å². The van der Waals surface area contributed by atoms with Gasteiger partial charge in [-0.15, -0.1) is 0 Å². The highest BCUT2D eigenvalue weighted by atomic mass is 16.5. The molecule has 0 radical (unpaired) electrons. The number of hydrogen-bond acceptors (Lipinski definition) is 4. The van der Waals surface area contributed by atoms with Gasteiger partial charge >= 0.3 is 5.97 Å². The summed E-state index contributed by atoms with van der Waals surface area (Å²) in [5.74, 6) is -0.727. The van der Waals surface area contributed by atoms with E-state index >= 15 is 0 Å². The van der Waals surface area contributed by atoms with Gasteiger partial charge in [0.15, 0.2) is 0 Å². The number of amides is 1. The molecule has 0 bridgehead atoms. The van der Waals surface area contributed by atoms with Crippen LogP contribution in [-0.2, 0) is 9.53 Å². The number of ether oxygens (including phenoxy) is 1. The van der Waals surface area contributed by atoms with Crippen LogP contribution in [0.1, 0.15) is 34.3 Å². The molecule has 1 atom stereocenters. The summed E-state index contributed by atoms with van der Waals surface area (Å²) in [5, 5.41) is 0. The van der Waals surface area contributed by atoms with Crippen LogP contribution in [0, 0.1) is 6.92 Å². The van der Waals surface area contributed by atoms with Crippen molar-refractivity contribution in [1.82, 2.24) is 0 Å². The molecule has 0 spiro atoms. The van der Waals surface area contributed by atoms with Crippen LogP contribution in [0.4, 0.5) is 11.4 Å². The van der Waals surface area contributed by atoms with Gasteiger partial charge in [-0.3, -0.25) is 4.79 Å². The fourth-order valence-corrected chi connectivity index (χ4v) is 2.44. The zero-order valence-corrected chi connectivity index (χ0v) is 10.9. The Balaban J connectivity index is 2.71. The van der Waals surface area contributed by atoms with Gasteiger partial charge in [-0.1, -0.05) is 0 Å². The van der Waals surface area contributed by atoms with Gasteiger partial charge in [-0.05, 0) is 31.0 Å². The van der Waals surface area contributed by atoms with Crippen molar-refractivity contribution in [3.8, 4) is 0 Å². The first-order valence-corrected chi connectivity index (χ1v) is 5.69. The second kappa shape index (κ2) is 4.01. The number of methoxy groups -OCH3 is 1. The number of rotatable bonds is 1. The van der Waals surface area contributed by atoms with Gasteiger partial charge in [0, 0.05) is 7.05 Å². The molecule has 1 aromatic carbocycles. The molecule has 1 amide bonds. The molecule has 1 aliphatic heterocycles. The van der Waals surface area contributed by atoms with Crippen molar-refractivity contribution in [2.75, 3.05) is 24.8 Å². The van der Waals surface area contributed by atoms with Crippen LogP contribution < -0.4 is 10.6 Å². The maximum atomic E-state index is 11.9. The Morgan fingerprint density at radius 2 is 2.11 bits per heavy atom. The van der Waals surface area contributed by atoms with E-state index in [9.17, 15) is 9.59 Å². The van der Waals surface area contributed by atoms with E-state index in [-0.39, 0.29) is 11.8 Å². The Hall–Kier alpha value is -2.04. The summed E-state index contributed by atoms with van der Waals surface area (Å²) in [4.78, 5) is 25.2. The quantitative estimate of drug-likeness (QED) is 0.603. The standard InChI is InChI=1S/C13H16N2O3/c1-6-8-5-9(13(17)18-4)10(14)7(2)11(8)15(3)12(6)16/h5-6H,14H2,1-4H3. The normalized spacial score (nSPS) is 17.9. The molecule has 1 aromatic rings. The van der Waals surface area contributed by atoms with Crippen LogP contribution in [-0.4, -0.2) is 26.0 Å². The zero-order valence-electron chi connectivity index (χ0n) is 10.9. The predicted molar refractivity (Wildman–Crippen MR) is 68.8 cm³/mol. The molecule has 0 saturated heterocycles. The number of nitrogens with zero attached hydrogens (tertiary/aromatic N) is 1. The number of benzene rings is 1. The molecule has 5 nitrogen and oxygen atoms in total. The summed E-state index contributed by atoms with van der Waals surface area (Å²) in [6, 6.07) is 1.66. The van der Waals surface area contributed by atoms with Crippen molar-refractivity contribution in [1.29, 1.82) is 0 Å². The second-order valence-electron chi connectivity index (χ2n) is 4.51. The maximum absolute atomic E-state index is 11.9. The molecule has 96 valence electrons. The number of hydrogen-bond donors (Lipinski definition) is 1. The summed E-state index contributed by atoms with van der Waals surface area (Å²) >= 11 is 0. The third kappa shape index (κ3) is 1.47. The molecular formula is C13H16N2O3. The van der Waals surface area contributed by atoms with Crippen molar-refractivity contribution in [3.63, 3.8) is 0 Å². The number of nitrogen functional groups attached to an aromatic ring is 1. The van der Waals surface area contributed by atoms with E-state index in [1.165, 1.54) is 7.11 Å². The van der Waals surface area contributed by atoms with Crippen molar-refractivity contribution >= 4 is 23.3 Å². The molecule has 1 unspecified atom stereocenters. The van der Waals surface area contributed by atoms with Crippen molar-refractivity contribution < 1.29 is 14.3 Å². The molecule has 0 aromatic heterocycles. The summed E-state index contributed by atoms with van der Waals surface area (Å²) in [6.45, 7) is 3.63.